The number of hydrogen-bond acceptors (Lipinski definition) is 3. The Bertz CT molecular complexity index is 817. The maximum absolute atomic E-state index is 5.48. The van der Waals surface area contributed by atoms with Gasteiger partial charge in [0, 0.05) is 32.7 Å². The molecular weight excluding hydrogens is 372 g/mol. The summed E-state index contributed by atoms with van der Waals surface area (Å²) >= 11 is 0. The fraction of sp³-hybridized carbons (Fsp3) is 0.480. The smallest absolute Gasteiger partial charge is 0.191 e. The molecule has 2 aromatic carbocycles. The third-order valence-corrected chi connectivity index (χ3v) is 6.05. The van der Waals surface area contributed by atoms with Gasteiger partial charge in [-0.05, 0) is 41.9 Å². The van der Waals surface area contributed by atoms with Crippen molar-refractivity contribution in [2.75, 3.05) is 39.4 Å². The fourth-order valence-electron chi connectivity index (χ4n) is 4.18. The van der Waals surface area contributed by atoms with Gasteiger partial charge in [-0.2, -0.15) is 0 Å². The average Bonchev–Trinajstić information content (AvgIpc) is 3.58. The maximum atomic E-state index is 5.48. The maximum Gasteiger partial charge on any atom is 0.191 e. The van der Waals surface area contributed by atoms with Crippen molar-refractivity contribution in [1.29, 1.82) is 0 Å². The molecule has 160 valence electrons. The summed E-state index contributed by atoms with van der Waals surface area (Å²) in [6.45, 7) is 9.31. The topological polar surface area (TPSA) is 48.9 Å². The van der Waals surface area contributed by atoms with Crippen molar-refractivity contribution in [3.05, 3.63) is 71.3 Å². The Morgan fingerprint density at radius 2 is 1.73 bits per heavy atom. The van der Waals surface area contributed by atoms with Crippen LogP contribution in [0.15, 0.2) is 59.6 Å². The number of guanidine groups is 1. The molecule has 30 heavy (non-hydrogen) atoms. The summed E-state index contributed by atoms with van der Waals surface area (Å²) < 4.78 is 5.48. The first kappa shape index (κ1) is 20.9. The van der Waals surface area contributed by atoms with E-state index in [1.54, 1.807) is 0 Å². The van der Waals surface area contributed by atoms with Crippen molar-refractivity contribution in [2.45, 2.75) is 32.4 Å². The predicted octanol–water partition coefficient (Wildman–Crippen LogP) is 3.38. The highest BCUT2D eigenvalue weighted by Gasteiger charge is 2.37. The first-order chi connectivity index (χ1) is 14.8. The van der Waals surface area contributed by atoms with Gasteiger partial charge in [0.2, 0.25) is 0 Å². The lowest BCUT2D eigenvalue weighted by Crippen LogP contribution is -2.38. The Balaban J connectivity index is 1.33. The third kappa shape index (κ3) is 5.83. The van der Waals surface area contributed by atoms with Crippen LogP contribution >= 0.6 is 0 Å². The molecule has 0 bridgehead atoms. The number of rotatable bonds is 8. The van der Waals surface area contributed by atoms with Crippen LogP contribution in [0.5, 0.6) is 0 Å². The minimum atomic E-state index is 0.691. The zero-order valence-corrected chi connectivity index (χ0v) is 18.0. The molecule has 1 aliphatic carbocycles. The summed E-state index contributed by atoms with van der Waals surface area (Å²) in [5.74, 6) is 2.30. The highest BCUT2D eigenvalue weighted by molar-refractivity contribution is 5.79. The normalized spacial score (nSPS) is 22.0. The fourth-order valence-corrected chi connectivity index (χ4v) is 4.18. The van der Waals surface area contributed by atoms with Crippen LogP contribution < -0.4 is 10.6 Å². The van der Waals surface area contributed by atoms with Crippen molar-refractivity contribution in [1.82, 2.24) is 15.5 Å². The summed E-state index contributed by atoms with van der Waals surface area (Å²) in [5, 5.41) is 6.97. The zero-order valence-electron chi connectivity index (χ0n) is 18.0. The van der Waals surface area contributed by atoms with E-state index in [2.05, 4.69) is 77.1 Å². The minimum Gasteiger partial charge on any atom is -0.379 e. The number of nitrogens with zero attached hydrogens (tertiary/aromatic N) is 2. The van der Waals surface area contributed by atoms with Crippen molar-refractivity contribution in [3.8, 4) is 0 Å². The van der Waals surface area contributed by atoms with E-state index in [9.17, 15) is 0 Å². The Labute approximate surface area is 180 Å². The monoisotopic (exact) mass is 406 g/mol. The first-order valence-electron chi connectivity index (χ1n) is 11.3. The van der Waals surface area contributed by atoms with Gasteiger partial charge in [-0.3, -0.25) is 4.90 Å². The molecule has 2 unspecified atom stereocenters. The second-order valence-electron chi connectivity index (χ2n) is 8.25. The second kappa shape index (κ2) is 10.6. The number of nitrogens with one attached hydrogen (secondary N) is 2. The number of ether oxygens (including phenoxy) is 1. The van der Waals surface area contributed by atoms with E-state index in [4.69, 9.17) is 9.73 Å². The molecule has 1 saturated heterocycles. The van der Waals surface area contributed by atoms with Gasteiger partial charge < -0.3 is 15.4 Å². The van der Waals surface area contributed by atoms with Crippen molar-refractivity contribution >= 4 is 5.96 Å². The molecule has 1 saturated carbocycles. The molecule has 4 rings (SSSR count). The lowest BCUT2D eigenvalue weighted by atomic mass is 10.1. The van der Waals surface area contributed by atoms with Gasteiger partial charge in [-0.15, -0.1) is 0 Å². The highest BCUT2D eigenvalue weighted by atomic mass is 16.5. The number of hydrogen-bond donors (Lipinski definition) is 2. The average molecular weight is 407 g/mol. The lowest BCUT2D eigenvalue weighted by molar-refractivity contribution is 0.0341. The molecule has 2 fully saturated rings. The van der Waals surface area contributed by atoms with Crippen LogP contribution in [0.4, 0.5) is 0 Å². The van der Waals surface area contributed by atoms with E-state index in [1.807, 2.05) is 0 Å². The molecule has 0 aromatic heterocycles. The van der Waals surface area contributed by atoms with Crippen LogP contribution in [0, 0.1) is 5.92 Å². The van der Waals surface area contributed by atoms with Crippen molar-refractivity contribution < 1.29 is 4.74 Å². The van der Waals surface area contributed by atoms with Crippen molar-refractivity contribution in [2.24, 2.45) is 10.9 Å². The number of aliphatic imine (C=N–C) groups is 1. The number of benzene rings is 2. The highest BCUT2D eigenvalue weighted by Crippen LogP contribution is 2.46. The first-order valence-corrected chi connectivity index (χ1v) is 11.3. The van der Waals surface area contributed by atoms with Gasteiger partial charge in [0.15, 0.2) is 5.96 Å². The van der Waals surface area contributed by atoms with E-state index in [1.165, 1.54) is 23.1 Å². The molecule has 0 radical (unpaired) electrons. The van der Waals surface area contributed by atoms with Crippen LogP contribution in [0.25, 0.3) is 0 Å². The molecule has 2 aliphatic rings. The van der Waals surface area contributed by atoms with Gasteiger partial charge in [0.25, 0.3) is 0 Å². The zero-order chi connectivity index (χ0) is 20.6. The molecule has 1 heterocycles. The third-order valence-electron chi connectivity index (χ3n) is 6.05. The van der Waals surface area contributed by atoms with E-state index in [0.29, 0.717) is 18.4 Å². The number of morpholine rings is 1. The van der Waals surface area contributed by atoms with Gasteiger partial charge in [0.1, 0.15) is 0 Å². The van der Waals surface area contributed by atoms with Gasteiger partial charge in [-0.25, -0.2) is 4.99 Å². The standard InChI is InChI=1S/C25H34N4O/c1-2-26-25(28-18-23-16-24(23)20-8-4-3-5-9-20)27-17-21-10-6-7-11-22(21)19-29-12-14-30-15-13-29/h3-11,23-24H,2,12-19H2,1H3,(H2,26,27,28). The summed E-state index contributed by atoms with van der Waals surface area (Å²) in [6, 6.07) is 19.5. The van der Waals surface area contributed by atoms with Gasteiger partial charge >= 0.3 is 0 Å². The molecule has 2 aromatic rings. The minimum absolute atomic E-state index is 0.691. The molecule has 5 heteroatoms. The Morgan fingerprint density at radius 3 is 2.50 bits per heavy atom. The molecular formula is C25H34N4O. The van der Waals surface area contributed by atoms with E-state index in [-0.39, 0.29) is 0 Å². The second-order valence-corrected chi connectivity index (χ2v) is 8.25. The lowest BCUT2D eigenvalue weighted by Gasteiger charge is -2.27. The quantitative estimate of drug-likeness (QED) is 0.521. The summed E-state index contributed by atoms with van der Waals surface area (Å²) in [7, 11) is 0. The van der Waals surface area contributed by atoms with Crippen LogP contribution in [0.3, 0.4) is 0 Å². The molecule has 0 amide bonds. The SMILES string of the molecule is CCNC(=NCc1ccccc1CN1CCOCC1)NCC1CC1c1ccccc1. The molecule has 2 atom stereocenters. The van der Waals surface area contributed by atoms with Crippen LogP contribution in [-0.4, -0.2) is 50.3 Å². The van der Waals surface area contributed by atoms with Gasteiger partial charge in [-0.1, -0.05) is 54.6 Å². The molecule has 2 N–H and O–H groups in total. The Morgan fingerprint density at radius 1 is 1.00 bits per heavy atom. The van der Waals surface area contributed by atoms with Gasteiger partial charge in [0.05, 0.1) is 19.8 Å². The molecule has 5 nitrogen and oxygen atoms in total. The summed E-state index contributed by atoms with van der Waals surface area (Å²) in [5.41, 5.74) is 4.13. The predicted molar refractivity (Wildman–Crippen MR) is 123 cm³/mol. The van der Waals surface area contributed by atoms with Crippen LogP contribution in [-0.2, 0) is 17.8 Å². The molecule has 0 spiro atoms. The van der Waals surface area contributed by atoms with Crippen molar-refractivity contribution in [3.63, 3.8) is 0 Å². The molecule has 1 aliphatic heterocycles. The van der Waals surface area contributed by atoms with Crippen LogP contribution in [0.1, 0.15) is 36.0 Å². The Hall–Kier alpha value is -2.37. The summed E-state index contributed by atoms with van der Waals surface area (Å²) in [6.07, 6.45) is 1.26. The van der Waals surface area contributed by atoms with E-state index in [0.717, 1.165) is 51.9 Å². The van der Waals surface area contributed by atoms with E-state index >= 15 is 0 Å². The van der Waals surface area contributed by atoms with E-state index < -0.39 is 0 Å². The largest absolute Gasteiger partial charge is 0.379 e. The van der Waals surface area contributed by atoms with Crippen LogP contribution in [0.2, 0.25) is 0 Å². The Kier molecular flexibility index (Phi) is 7.38. The summed E-state index contributed by atoms with van der Waals surface area (Å²) in [4.78, 5) is 7.35.